The zero-order chi connectivity index (χ0) is 10.7. The maximum Gasteiger partial charge on any atom is 0.340 e. The Kier molecular flexibility index (Phi) is 3.22. The molecule has 0 radical (unpaired) electrons. The first kappa shape index (κ1) is 10.7. The van der Waals surface area contributed by atoms with E-state index in [0.29, 0.717) is 0 Å². The predicted molar refractivity (Wildman–Crippen MR) is 46.3 cm³/mol. The minimum absolute atomic E-state index is 0.0654. The number of halogens is 2. The van der Waals surface area contributed by atoms with E-state index in [4.69, 9.17) is 0 Å². The number of esters is 1. The third-order valence-corrected chi connectivity index (χ3v) is 1.72. The van der Waals surface area contributed by atoms with Gasteiger partial charge in [-0.2, -0.15) is 0 Å². The minimum atomic E-state index is -2.66. The van der Waals surface area contributed by atoms with Gasteiger partial charge in [-0.25, -0.2) is 13.6 Å². The molecule has 0 saturated heterocycles. The second kappa shape index (κ2) is 4.21. The molecule has 3 nitrogen and oxygen atoms in total. The fourth-order valence-electron chi connectivity index (χ4n) is 1.16. The molecular formula is C9H11F2NO2. The van der Waals surface area contributed by atoms with Crippen LogP contribution in [-0.4, -0.2) is 17.1 Å². The van der Waals surface area contributed by atoms with Crippen LogP contribution in [0, 0.1) is 0 Å². The Bertz CT molecular complexity index is 334. The fraction of sp³-hybridized carbons (Fsp3) is 0.444. The lowest BCUT2D eigenvalue weighted by Gasteiger charge is -2.01. The topological polar surface area (TPSA) is 31.2 Å². The van der Waals surface area contributed by atoms with Crippen molar-refractivity contribution >= 4 is 5.97 Å². The zero-order valence-corrected chi connectivity index (χ0v) is 7.96. The summed E-state index contributed by atoms with van der Waals surface area (Å²) in [4.78, 5) is 11.2. The van der Waals surface area contributed by atoms with E-state index in [9.17, 15) is 13.6 Å². The number of aryl methyl sites for hydroxylation is 1. The predicted octanol–water partition coefficient (Wildman–Crippen LogP) is 2.14. The summed E-state index contributed by atoms with van der Waals surface area (Å²) in [5.74, 6) is -0.705. The van der Waals surface area contributed by atoms with E-state index < -0.39 is 12.4 Å². The van der Waals surface area contributed by atoms with Gasteiger partial charge in [-0.15, -0.1) is 0 Å². The van der Waals surface area contributed by atoms with Crippen molar-refractivity contribution in [3.8, 4) is 0 Å². The third kappa shape index (κ3) is 2.10. The Morgan fingerprint density at radius 1 is 1.57 bits per heavy atom. The van der Waals surface area contributed by atoms with Crippen LogP contribution in [0.2, 0.25) is 0 Å². The van der Waals surface area contributed by atoms with E-state index in [0.717, 1.165) is 0 Å². The summed E-state index contributed by atoms with van der Waals surface area (Å²) in [6, 6.07) is 0. The van der Waals surface area contributed by atoms with Gasteiger partial charge in [0.25, 0.3) is 6.43 Å². The van der Waals surface area contributed by atoms with Gasteiger partial charge in [0.05, 0.1) is 12.2 Å². The Morgan fingerprint density at radius 3 is 2.71 bits per heavy atom. The van der Waals surface area contributed by atoms with E-state index in [1.54, 1.807) is 14.0 Å². The Morgan fingerprint density at radius 2 is 2.21 bits per heavy atom. The van der Waals surface area contributed by atoms with Crippen LogP contribution in [0.4, 0.5) is 8.78 Å². The van der Waals surface area contributed by atoms with Gasteiger partial charge in [0, 0.05) is 25.0 Å². The number of carbonyl (C=O) groups is 1. The van der Waals surface area contributed by atoms with E-state index in [2.05, 4.69) is 4.74 Å². The molecule has 0 bridgehead atoms. The van der Waals surface area contributed by atoms with Crippen molar-refractivity contribution < 1.29 is 18.3 Å². The lowest BCUT2D eigenvalue weighted by molar-refractivity contribution is 0.0516. The number of aromatic nitrogens is 1. The van der Waals surface area contributed by atoms with Crippen LogP contribution in [-0.2, 0) is 11.8 Å². The molecule has 0 atom stereocenters. The number of hydrogen-bond acceptors (Lipinski definition) is 2. The number of alkyl halides is 2. The first-order valence-corrected chi connectivity index (χ1v) is 4.17. The molecular weight excluding hydrogens is 192 g/mol. The number of rotatable bonds is 3. The summed E-state index contributed by atoms with van der Waals surface area (Å²) < 4.78 is 30.9. The van der Waals surface area contributed by atoms with Crippen LogP contribution in [0.5, 0.6) is 0 Å². The Balaban J connectivity index is 3.00. The molecule has 0 saturated carbocycles. The number of hydrogen-bond donors (Lipinski definition) is 0. The molecule has 1 aromatic rings. The SMILES string of the molecule is CCOC(=O)c1cn(C)cc1C(F)F. The number of nitrogens with zero attached hydrogens (tertiary/aromatic N) is 1. The van der Waals surface area contributed by atoms with Gasteiger partial charge >= 0.3 is 5.97 Å². The van der Waals surface area contributed by atoms with Gasteiger partial charge < -0.3 is 9.30 Å². The molecule has 1 aromatic heterocycles. The molecule has 78 valence electrons. The van der Waals surface area contributed by atoms with Crippen molar-refractivity contribution in [3.05, 3.63) is 23.5 Å². The van der Waals surface area contributed by atoms with Gasteiger partial charge in [-0.3, -0.25) is 0 Å². The highest BCUT2D eigenvalue weighted by Crippen LogP contribution is 2.24. The van der Waals surface area contributed by atoms with Gasteiger partial charge in [0.15, 0.2) is 0 Å². The number of carbonyl (C=O) groups excluding carboxylic acids is 1. The molecule has 0 unspecified atom stereocenters. The highest BCUT2D eigenvalue weighted by atomic mass is 19.3. The molecule has 0 aromatic carbocycles. The zero-order valence-electron chi connectivity index (χ0n) is 7.96. The summed E-state index contributed by atoms with van der Waals surface area (Å²) in [6.07, 6.45) is -0.105. The Labute approximate surface area is 80.3 Å². The minimum Gasteiger partial charge on any atom is -0.462 e. The highest BCUT2D eigenvalue weighted by Gasteiger charge is 2.21. The maximum absolute atomic E-state index is 12.4. The van der Waals surface area contributed by atoms with Crippen molar-refractivity contribution in [2.75, 3.05) is 6.61 Å². The van der Waals surface area contributed by atoms with Crippen molar-refractivity contribution in [3.63, 3.8) is 0 Å². The highest BCUT2D eigenvalue weighted by molar-refractivity contribution is 5.91. The van der Waals surface area contributed by atoms with E-state index in [1.807, 2.05) is 0 Å². The molecule has 1 heterocycles. The molecule has 0 spiro atoms. The largest absolute Gasteiger partial charge is 0.462 e. The molecule has 0 N–H and O–H groups in total. The standard InChI is InChI=1S/C9H11F2NO2/c1-3-14-9(13)7-5-12(2)4-6(7)8(10)11/h4-5,8H,3H2,1-2H3. The third-order valence-electron chi connectivity index (χ3n) is 1.72. The first-order chi connectivity index (χ1) is 6.56. The average Bonchev–Trinajstić information content (AvgIpc) is 2.48. The van der Waals surface area contributed by atoms with Crippen LogP contribution in [0.25, 0.3) is 0 Å². The molecule has 14 heavy (non-hydrogen) atoms. The lowest BCUT2D eigenvalue weighted by atomic mass is 10.2. The molecule has 0 amide bonds. The molecule has 1 rings (SSSR count). The molecule has 0 aliphatic heterocycles. The summed E-state index contributed by atoms with van der Waals surface area (Å²) in [6.45, 7) is 1.80. The second-order valence-corrected chi connectivity index (χ2v) is 2.81. The van der Waals surface area contributed by atoms with Crippen LogP contribution >= 0.6 is 0 Å². The second-order valence-electron chi connectivity index (χ2n) is 2.81. The molecule has 0 aliphatic carbocycles. The van der Waals surface area contributed by atoms with Crippen molar-refractivity contribution in [1.82, 2.24) is 4.57 Å². The maximum atomic E-state index is 12.4. The van der Waals surface area contributed by atoms with Crippen molar-refractivity contribution in [1.29, 1.82) is 0 Å². The lowest BCUT2D eigenvalue weighted by Crippen LogP contribution is -2.06. The summed E-state index contributed by atoms with van der Waals surface area (Å²) in [5, 5.41) is 0. The average molecular weight is 203 g/mol. The van der Waals surface area contributed by atoms with Gasteiger partial charge in [-0.05, 0) is 6.92 Å². The van der Waals surface area contributed by atoms with Crippen molar-refractivity contribution in [2.45, 2.75) is 13.3 Å². The van der Waals surface area contributed by atoms with Crippen LogP contribution in [0.3, 0.4) is 0 Å². The first-order valence-electron chi connectivity index (χ1n) is 4.17. The molecule has 0 aliphatic rings. The molecule has 0 fully saturated rings. The van der Waals surface area contributed by atoms with Crippen LogP contribution in [0.15, 0.2) is 12.4 Å². The summed E-state index contributed by atoms with van der Waals surface area (Å²) in [7, 11) is 1.58. The fourth-order valence-corrected chi connectivity index (χ4v) is 1.16. The monoisotopic (exact) mass is 203 g/mol. The van der Waals surface area contributed by atoms with Gasteiger partial charge in [-0.1, -0.05) is 0 Å². The van der Waals surface area contributed by atoms with Gasteiger partial charge in [0.2, 0.25) is 0 Å². The van der Waals surface area contributed by atoms with E-state index >= 15 is 0 Å². The van der Waals surface area contributed by atoms with E-state index in [-0.39, 0.29) is 17.7 Å². The quantitative estimate of drug-likeness (QED) is 0.705. The van der Waals surface area contributed by atoms with Gasteiger partial charge in [0.1, 0.15) is 0 Å². The van der Waals surface area contributed by atoms with Crippen molar-refractivity contribution in [2.24, 2.45) is 7.05 Å². The Hall–Kier alpha value is -1.39. The van der Waals surface area contributed by atoms with Crippen LogP contribution in [0.1, 0.15) is 29.3 Å². The number of ether oxygens (including phenoxy) is 1. The summed E-state index contributed by atoms with van der Waals surface area (Å²) >= 11 is 0. The smallest absolute Gasteiger partial charge is 0.340 e. The van der Waals surface area contributed by atoms with Crippen LogP contribution < -0.4 is 0 Å². The van der Waals surface area contributed by atoms with E-state index in [1.165, 1.54) is 17.0 Å². The molecule has 5 heteroatoms. The normalized spacial score (nSPS) is 10.6. The summed E-state index contributed by atoms with van der Waals surface area (Å²) in [5.41, 5.74) is -0.352.